The van der Waals surface area contributed by atoms with Crippen LogP contribution in [0.4, 0.5) is 0 Å². The number of ketones is 1. The third-order valence-corrected chi connectivity index (χ3v) is 3.52. The largest absolute Gasteiger partial charge is 0.295 e. The predicted molar refractivity (Wildman–Crippen MR) is 80.0 cm³/mol. The fourth-order valence-electron chi connectivity index (χ4n) is 2.44. The van der Waals surface area contributed by atoms with Crippen molar-refractivity contribution in [2.45, 2.75) is 20.4 Å². The Kier molecular flexibility index (Phi) is 3.11. The molecule has 0 radical (unpaired) electrons. The number of hydrogen-bond donors (Lipinski definition) is 0. The normalized spacial score (nSPS) is 10.9. The number of rotatable bonds is 3. The maximum atomic E-state index is 11.5. The molecule has 0 atom stereocenters. The molecule has 2 aromatic carbocycles. The molecule has 0 saturated carbocycles. The van der Waals surface area contributed by atoms with Crippen molar-refractivity contribution in [3.8, 4) is 0 Å². The van der Waals surface area contributed by atoms with Crippen molar-refractivity contribution in [3.63, 3.8) is 0 Å². The van der Waals surface area contributed by atoms with Crippen LogP contribution in [-0.2, 0) is 6.54 Å². The maximum Gasteiger partial charge on any atom is 0.159 e. The molecule has 0 aliphatic heterocycles. The van der Waals surface area contributed by atoms with Gasteiger partial charge in [0.1, 0.15) is 0 Å². The predicted octanol–water partition coefficient (Wildman–Crippen LogP) is 3.60. The van der Waals surface area contributed by atoms with Crippen LogP contribution < -0.4 is 0 Å². The summed E-state index contributed by atoms with van der Waals surface area (Å²) in [5.41, 5.74) is 3.97. The second-order valence-corrected chi connectivity index (χ2v) is 5.02. The quantitative estimate of drug-likeness (QED) is 0.677. The van der Waals surface area contributed by atoms with Crippen molar-refractivity contribution < 1.29 is 4.79 Å². The molecule has 0 fully saturated rings. The average Bonchev–Trinajstić information content (AvgIpc) is 2.76. The van der Waals surface area contributed by atoms with Crippen LogP contribution in [0.3, 0.4) is 0 Å². The Labute approximate surface area is 117 Å². The molecule has 0 aliphatic carbocycles. The number of aryl methyl sites for hydroxylation is 1. The van der Waals surface area contributed by atoms with Gasteiger partial charge in [-0.25, -0.2) is 0 Å². The lowest BCUT2D eigenvalue weighted by molar-refractivity contribution is 0.101. The molecule has 0 N–H and O–H groups in total. The highest BCUT2D eigenvalue weighted by Crippen LogP contribution is 2.21. The molecule has 3 heteroatoms. The van der Waals surface area contributed by atoms with Gasteiger partial charge in [0, 0.05) is 10.9 Å². The Morgan fingerprint density at radius 3 is 2.60 bits per heavy atom. The van der Waals surface area contributed by atoms with Crippen LogP contribution in [0, 0.1) is 6.92 Å². The molecule has 100 valence electrons. The van der Waals surface area contributed by atoms with Gasteiger partial charge in [0.2, 0.25) is 0 Å². The first-order chi connectivity index (χ1) is 9.65. The smallest absolute Gasteiger partial charge is 0.159 e. The summed E-state index contributed by atoms with van der Waals surface area (Å²) in [6.45, 7) is 4.31. The van der Waals surface area contributed by atoms with E-state index < -0.39 is 0 Å². The number of nitrogens with zero attached hydrogens (tertiary/aromatic N) is 2. The molecular formula is C17H16N2O. The van der Waals surface area contributed by atoms with E-state index in [0.717, 1.165) is 28.7 Å². The third kappa shape index (κ3) is 2.23. The Bertz CT molecular complexity index is 772. The third-order valence-electron chi connectivity index (χ3n) is 3.52. The number of hydrogen-bond acceptors (Lipinski definition) is 2. The molecule has 0 bridgehead atoms. The fourth-order valence-corrected chi connectivity index (χ4v) is 2.44. The molecule has 3 rings (SSSR count). The zero-order chi connectivity index (χ0) is 14.1. The molecule has 1 heterocycles. The van der Waals surface area contributed by atoms with Crippen LogP contribution in [0.25, 0.3) is 10.9 Å². The summed E-state index contributed by atoms with van der Waals surface area (Å²) in [4.78, 5) is 11.5. The van der Waals surface area contributed by atoms with Gasteiger partial charge in [-0.15, -0.1) is 0 Å². The number of carbonyl (C=O) groups is 1. The summed E-state index contributed by atoms with van der Waals surface area (Å²) in [6, 6.07) is 16.0. The van der Waals surface area contributed by atoms with Crippen molar-refractivity contribution in [3.05, 3.63) is 65.4 Å². The zero-order valence-electron chi connectivity index (χ0n) is 11.6. The summed E-state index contributed by atoms with van der Waals surface area (Å²) in [7, 11) is 0. The Balaban J connectivity index is 2.07. The van der Waals surface area contributed by atoms with Crippen LogP contribution in [0.5, 0.6) is 0 Å². The number of aromatic nitrogens is 2. The fraction of sp³-hybridized carbons (Fsp3) is 0.176. The highest BCUT2D eigenvalue weighted by molar-refractivity contribution is 5.98. The lowest BCUT2D eigenvalue weighted by Crippen LogP contribution is -2.01. The van der Waals surface area contributed by atoms with Gasteiger partial charge < -0.3 is 0 Å². The van der Waals surface area contributed by atoms with E-state index in [1.54, 1.807) is 6.92 Å². The van der Waals surface area contributed by atoms with Crippen molar-refractivity contribution >= 4 is 16.7 Å². The van der Waals surface area contributed by atoms with Gasteiger partial charge in [0.15, 0.2) is 5.78 Å². The zero-order valence-corrected chi connectivity index (χ0v) is 11.6. The minimum Gasteiger partial charge on any atom is -0.295 e. The monoisotopic (exact) mass is 264 g/mol. The molecule has 0 saturated heterocycles. The minimum absolute atomic E-state index is 0.0853. The number of Topliss-reactive ketones (excluding diaryl/α,β-unsaturated/α-hetero) is 1. The molecule has 1 aromatic heterocycles. The summed E-state index contributed by atoms with van der Waals surface area (Å²) in [5, 5.41) is 5.64. The van der Waals surface area contributed by atoms with Gasteiger partial charge in [0.25, 0.3) is 0 Å². The second-order valence-electron chi connectivity index (χ2n) is 5.02. The van der Waals surface area contributed by atoms with E-state index in [1.165, 1.54) is 5.56 Å². The molecule has 0 spiro atoms. The molecule has 3 nitrogen and oxygen atoms in total. The molecule has 20 heavy (non-hydrogen) atoms. The van der Waals surface area contributed by atoms with Crippen molar-refractivity contribution in [2.75, 3.05) is 0 Å². The summed E-state index contributed by atoms with van der Waals surface area (Å²) in [6.07, 6.45) is 0. The van der Waals surface area contributed by atoms with Crippen LogP contribution in [0.15, 0.2) is 48.5 Å². The standard InChI is InChI=1S/C17H16N2O/c1-12-16-10-15(13(2)20)8-9-17(16)19(18-12)11-14-6-4-3-5-7-14/h3-10H,11H2,1-2H3. The van der Waals surface area contributed by atoms with Gasteiger partial charge in [-0.05, 0) is 37.6 Å². The van der Waals surface area contributed by atoms with Crippen molar-refractivity contribution in [2.24, 2.45) is 0 Å². The van der Waals surface area contributed by atoms with E-state index in [4.69, 9.17) is 0 Å². The first-order valence-electron chi connectivity index (χ1n) is 6.67. The summed E-state index contributed by atoms with van der Waals surface area (Å²) >= 11 is 0. The molecule has 0 unspecified atom stereocenters. The first kappa shape index (κ1) is 12.6. The molecule has 0 aliphatic rings. The van der Waals surface area contributed by atoms with Crippen molar-refractivity contribution in [1.29, 1.82) is 0 Å². The summed E-state index contributed by atoms with van der Waals surface area (Å²) in [5.74, 6) is 0.0853. The Morgan fingerprint density at radius 2 is 1.90 bits per heavy atom. The Hall–Kier alpha value is -2.42. The van der Waals surface area contributed by atoms with E-state index in [-0.39, 0.29) is 5.78 Å². The van der Waals surface area contributed by atoms with Crippen LogP contribution in [-0.4, -0.2) is 15.6 Å². The lowest BCUT2D eigenvalue weighted by atomic mass is 10.1. The lowest BCUT2D eigenvalue weighted by Gasteiger charge is -2.04. The maximum absolute atomic E-state index is 11.5. The van der Waals surface area contributed by atoms with Gasteiger partial charge in [-0.2, -0.15) is 5.10 Å². The van der Waals surface area contributed by atoms with Crippen LogP contribution >= 0.6 is 0 Å². The average molecular weight is 264 g/mol. The van der Waals surface area contributed by atoms with Crippen LogP contribution in [0.1, 0.15) is 28.5 Å². The number of benzene rings is 2. The van der Waals surface area contributed by atoms with Gasteiger partial charge in [-0.3, -0.25) is 9.48 Å². The van der Waals surface area contributed by atoms with E-state index >= 15 is 0 Å². The number of fused-ring (bicyclic) bond motifs is 1. The second kappa shape index (κ2) is 4.93. The van der Waals surface area contributed by atoms with E-state index in [0.29, 0.717) is 0 Å². The van der Waals surface area contributed by atoms with Crippen molar-refractivity contribution in [1.82, 2.24) is 9.78 Å². The van der Waals surface area contributed by atoms with E-state index in [2.05, 4.69) is 17.2 Å². The highest BCUT2D eigenvalue weighted by atomic mass is 16.1. The first-order valence-corrected chi connectivity index (χ1v) is 6.67. The van der Waals surface area contributed by atoms with Gasteiger partial charge in [-0.1, -0.05) is 30.3 Å². The summed E-state index contributed by atoms with van der Waals surface area (Å²) < 4.78 is 1.99. The topological polar surface area (TPSA) is 34.9 Å². The molecular weight excluding hydrogens is 248 g/mol. The van der Waals surface area contributed by atoms with Gasteiger partial charge >= 0.3 is 0 Å². The van der Waals surface area contributed by atoms with E-state index in [9.17, 15) is 4.79 Å². The Morgan fingerprint density at radius 1 is 1.15 bits per heavy atom. The minimum atomic E-state index is 0.0853. The molecule has 0 amide bonds. The van der Waals surface area contributed by atoms with Gasteiger partial charge in [0.05, 0.1) is 17.8 Å². The highest BCUT2D eigenvalue weighted by Gasteiger charge is 2.10. The number of carbonyl (C=O) groups excluding carboxylic acids is 1. The van der Waals surface area contributed by atoms with E-state index in [1.807, 2.05) is 48.0 Å². The van der Waals surface area contributed by atoms with Crippen LogP contribution in [0.2, 0.25) is 0 Å². The molecule has 3 aromatic rings. The SMILES string of the molecule is CC(=O)c1ccc2c(c1)c(C)nn2Cc1ccccc1.